The van der Waals surface area contributed by atoms with E-state index in [2.05, 4.69) is 10.3 Å². The van der Waals surface area contributed by atoms with E-state index in [-0.39, 0.29) is 11.9 Å². The van der Waals surface area contributed by atoms with Gasteiger partial charge in [0.05, 0.1) is 11.1 Å². The highest BCUT2D eigenvalue weighted by Gasteiger charge is 2.14. The van der Waals surface area contributed by atoms with Gasteiger partial charge in [-0.25, -0.2) is 4.98 Å². The van der Waals surface area contributed by atoms with E-state index in [0.29, 0.717) is 10.6 Å². The first-order chi connectivity index (χ1) is 11.5. The summed E-state index contributed by atoms with van der Waals surface area (Å²) in [6, 6.07) is 17.2. The van der Waals surface area contributed by atoms with Crippen molar-refractivity contribution in [3.8, 4) is 0 Å². The van der Waals surface area contributed by atoms with E-state index in [1.54, 1.807) is 0 Å². The van der Waals surface area contributed by atoms with Gasteiger partial charge < -0.3 is 5.32 Å². The van der Waals surface area contributed by atoms with E-state index in [4.69, 9.17) is 11.6 Å². The van der Waals surface area contributed by atoms with Crippen molar-refractivity contribution in [3.05, 3.63) is 65.2 Å². The van der Waals surface area contributed by atoms with Crippen LogP contribution in [0.25, 0.3) is 10.9 Å². The van der Waals surface area contributed by atoms with Gasteiger partial charge in [-0.3, -0.25) is 4.79 Å². The Morgan fingerprint density at radius 1 is 1.12 bits per heavy atom. The fourth-order valence-electron chi connectivity index (χ4n) is 2.38. The molecule has 2 aromatic carbocycles. The number of halogens is 1. The molecule has 0 radical (unpaired) electrons. The van der Waals surface area contributed by atoms with E-state index in [1.165, 1.54) is 11.8 Å². The van der Waals surface area contributed by atoms with Gasteiger partial charge in [0.2, 0.25) is 0 Å². The molecule has 1 aromatic heterocycles. The summed E-state index contributed by atoms with van der Waals surface area (Å²) in [7, 11) is 0. The van der Waals surface area contributed by atoms with Gasteiger partial charge in [0.15, 0.2) is 0 Å². The predicted octanol–water partition coefficient (Wildman–Crippen LogP) is 5.18. The normalized spacial score (nSPS) is 11.0. The molecule has 0 bridgehead atoms. The first kappa shape index (κ1) is 16.8. The van der Waals surface area contributed by atoms with Crippen LogP contribution in [0.1, 0.15) is 24.2 Å². The molecule has 0 spiro atoms. The van der Waals surface area contributed by atoms with E-state index in [9.17, 15) is 4.79 Å². The summed E-state index contributed by atoms with van der Waals surface area (Å²) in [5.74, 6) is -0.0865. The highest BCUT2D eigenvalue weighted by molar-refractivity contribution is 7.99. The molecule has 0 aliphatic rings. The van der Waals surface area contributed by atoms with Crippen LogP contribution in [-0.4, -0.2) is 16.9 Å². The molecule has 1 heterocycles. The van der Waals surface area contributed by atoms with E-state index in [1.807, 2.05) is 68.4 Å². The van der Waals surface area contributed by atoms with Crippen LogP contribution in [0.5, 0.6) is 0 Å². The van der Waals surface area contributed by atoms with E-state index in [0.717, 1.165) is 20.8 Å². The fourth-order valence-corrected chi connectivity index (χ4v) is 3.53. The smallest absolute Gasteiger partial charge is 0.252 e. The maximum Gasteiger partial charge on any atom is 0.252 e. The number of aromatic nitrogens is 1. The zero-order valence-corrected chi connectivity index (χ0v) is 15.0. The number of fused-ring (bicyclic) bond motifs is 1. The maximum absolute atomic E-state index is 12.6. The molecule has 0 saturated heterocycles. The SMILES string of the molecule is CC(C)NC(=O)c1cc(Sc2cccc(Cl)c2)nc2ccccc12. The molecule has 1 N–H and O–H groups in total. The number of benzene rings is 2. The predicted molar refractivity (Wildman–Crippen MR) is 99.9 cm³/mol. The number of amides is 1. The zero-order valence-electron chi connectivity index (χ0n) is 13.4. The summed E-state index contributed by atoms with van der Waals surface area (Å²) in [6.45, 7) is 3.89. The summed E-state index contributed by atoms with van der Waals surface area (Å²) in [5, 5.41) is 5.25. The van der Waals surface area contributed by atoms with Crippen LogP contribution in [0.2, 0.25) is 5.02 Å². The van der Waals surface area contributed by atoms with Gasteiger partial charge in [-0.15, -0.1) is 0 Å². The standard InChI is InChI=1S/C19H17ClN2OS/c1-12(2)21-19(23)16-11-18(22-17-9-4-3-8-15(16)17)24-14-7-5-6-13(20)10-14/h3-12H,1-2H3,(H,21,23). The molecule has 122 valence electrons. The van der Waals surface area contributed by atoms with Gasteiger partial charge in [-0.2, -0.15) is 0 Å². The highest BCUT2D eigenvalue weighted by atomic mass is 35.5. The van der Waals surface area contributed by atoms with Gasteiger partial charge in [0, 0.05) is 21.3 Å². The third-order valence-corrected chi connectivity index (χ3v) is 4.52. The number of rotatable bonds is 4. The lowest BCUT2D eigenvalue weighted by Gasteiger charge is -2.12. The lowest BCUT2D eigenvalue weighted by molar-refractivity contribution is 0.0944. The number of hydrogen-bond acceptors (Lipinski definition) is 3. The Labute approximate surface area is 150 Å². The summed E-state index contributed by atoms with van der Waals surface area (Å²) in [4.78, 5) is 18.2. The second-order valence-corrected chi connectivity index (χ2v) is 7.24. The van der Waals surface area contributed by atoms with Crippen molar-refractivity contribution < 1.29 is 4.79 Å². The number of carbonyl (C=O) groups excluding carboxylic acids is 1. The maximum atomic E-state index is 12.6. The second kappa shape index (κ2) is 7.24. The number of hydrogen-bond donors (Lipinski definition) is 1. The topological polar surface area (TPSA) is 42.0 Å². The van der Waals surface area contributed by atoms with Crippen LogP contribution in [0.15, 0.2) is 64.5 Å². The molecule has 0 atom stereocenters. The minimum Gasteiger partial charge on any atom is -0.350 e. The van der Waals surface area contributed by atoms with Crippen molar-refractivity contribution in [1.29, 1.82) is 0 Å². The molecule has 5 heteroatoms. The Balaban J connectivity index is 2.04. The lowest BCUT2D eigenvalue weighted by Crippen LogP contribution is -2.30. The van der Waals surface area contributed by atoms with Gasteiger partial charge in [-0.1, -0.05) is 47.6 Å². The van der Waals surface area contributed by atoms with Crippen LogP contribution >= 0.6 is 23.4 Å². The number of carbonyl (C=O) groups is 1. The molecule has 3 aromatic rings. The molecular formula is C19H17ClN2OS. The molecule has 0 saturated carbocycles. The van der Waals surface area contributed by atoms with Gasteiger partial charge in [-0.05, 0) is 44.2 Å². The van der Waals surface area contributed by atoms with Crippen LogP contribution in [0.4, 0.5) is 0 Å². The quantitative estimate of drug-likeness (QED) is 0.700. The van der Waals surface area contributed by atoms with Gasteiger partial charge >= 0.3 is 0 Å². The summed E-state index contributed by atoms with van der Waals surface area (Å²) >= 11 is 7.54. The second-order valence-electron chi connectivity index (χ2n) is 5.71. The summed E-state index contributed by atoms with van der Waals surface area (Å²) < 4.78 is 0. The average Bonchev–Trinajstić information content (AvgIpc) is 2.53. The number of nitrogens with zero attached hydrogens (tertiary/aromatic N) is 1. The third kappa shape index (κ3) is 3.89. The van der Waals surface area contributed by atoms with Crippen molar-refractivity contribution in [2.75, 3.05) is 0 Å². The molecule has 0 unspecified atom stereocenters. The molecule has 0 fully saturated rings. The minimum atomic E-state index is -0.0865. The van der Waals surface area contributed by atoms with Crippen molar-refractivity contribution in [2.45, 2.75) is 29.8 Å². The molecule has 0 aliphatic carbocycles. The number of para-hydroxylation sites is 1. The third-order valence-electron chi connectivity index (χ3n) is 3.38. The minimum absolute atomic E-state index is 0.0773. The zero-order chi connectivity index (χ0) is 17.1. The highest BCUT2D eigenvalue weighted by Crippen LogP contribution is 2.31. The van der Waals surface area contributed by atoms with Crippen LogP contribution in [0.3, 0.4) is 0 Å². The van der Waals surface area contributed by atoms with E-state index >= 15 is 0 Å². The van der Waals surface area contributed by atoms with Gasteiger partial charge in [0.1, 0.15) is 5.03 Å². The fraction of sp³-hybridized carbons (Fsp3) is 0.158. The molecular weight excluding hydrogens is 340 g/mol. The van der Waals surface area contributed by atoms with Crippen LogP contribution in [0, 0.1) is 0 Å². The molecule has 3 rings (SSSR count). The van der Waals surface area contributed by atoms with Gasteiger partial charge in [0.25, 0.3) is 5.91 Å². The van der Waals surface area contributed by atoms with E-state index < -0.39 is 0 Å². The Bertz CT molecular complexity index is 895. The largest absolute Gasteiger partial charge is 0.350 e. The van der Waals surface area contributed by atoms with Crippen molar-refractivity contribution in [3.63, 3.8) is 0 Å². The first-order valence-corrected chi connectivity index (χ1v) is 8.86. The number of nitrogens with one attached hydrogen (secondary N) is 1. The van der Waals surface area contributed by atoms with Crippen molar-refractivity contribution in [2.24, 2.45) is 0 Å². The first-order valence-electron chi connectivity index (χ1n) is 7.67. The van der Waals surface area contributed by atoms with Crippen LogP contribution in [-0.2, 0) is 0 Å². The monoisotopic (exact) mass is 356 g/mol. The Morgan fingerprint density at radius 2 is 1.92 bits per heavy atom. The average molecular weight is 357 g/mol. The Morgan fingerprint density at radius 3 is 2.67 bits per heavy atom. The molecule has 1 amide bonds. The Hall–Kier alpha value is -2.04. The summed E-state index contributed by atoms with van der Waals surface area (Å²) in [6.07, 6.45) is 0. The van der Waals surface area contributed by atoms with Crippen molar-refractivity contribution in [1.82, 2.24) is 10.3 Å². The molecule has 3 nitrogen and oxygen atoms in total. The summed E-state index contributed by atoms with van der Waals surface area (Å²) in [5.41, 5.74) is 1.44. The number of pyridine rings is 1. The lowest BCUT2D eigenvalue weighted by atomic mass is 10.1. The molecule has 0 aliphatic heterocycles. The van der Waals surface area contributed by atoms with Crippen LogP contribution < -0.4 is 5.32 Å². The Kier molecular flexibility index (Phi) is 5.07. The molecule has 24 heavy (non-hydrogen) atoms. The van der Waals surface area contributed by atoms with Crippen molar-refractivity contribution >= 4 is 40.2 Å².